The molecule has 0 fully saturated rings. The Hall–Kier alpha value is -1.06. The van der Waals surface area contributed by atoms with Gasteiger partial charge in [-0.2, -0.15) is 0 Å². The van der Waals surface area contributed by atoms with Crippen LogP contribution in [0, 0.1) is 19.8 Å². The van der Waals surface area contributed by atoms with Crippen LogP contribution in [0.1, 0.15) is 36.6 Å². The van der Waals surface area contributed by atoms with E-state index in [9.17, 15) is 4.79 Å². The smallest absolute Gasteiger partial charge is 0.224 e. The van der Waals surface area contributed by atoms with Crippen molar-refractivity contribution in [2.24, 2.45) is 5.92 Å². The lowest BCUT2D eigenvalue weighted by Crippen LogP contribution is -2.36. The molecule has 1 amide bonds. The predicted octanol–water partition coefficient (Wildman–Crippen LogP) is 2.76. The molecule has 2 N–H and O–H groups in total. The van der Waals surface area contributed by atoms with Crippen LogP contribution in [0.2, 0.25) is 0 Å². The number of hydrogen-bond acceptors (Lipinski definition) is 2. The molecule has 2 atom stereocenters. The van der Waals surface area contributed by atoms with Crippen LogP contribution in [0.4, 0.5) is 0 Å². The number of nitrogens with one attached hydrogen (secondary N) is 2. The van der Waals surface area contributed by atoms with Gasteiger partial charge in [-0.25, -0.2) is 0 Å². The van der Waals surface area contributed by atoms with Gasteiger partial charge in [-0.3, -0.25) is 4.79 Å². The standard InChI is InChI=1S/C15H24N2O.ClH/c1-10-7-6-8-14(12(10)3)13(4)17-15(18)11(2)9-16-5;/h6-8,11,13,16H,9H2,1-5H3,(H,17,18);1H. The molecule has 19 heavy (non-hydrogen) atoms. The van der Waals surface area contributed by atoms with Gasteiger partial charge in [0.15, 0.2) is 0 Å². The van der Waals surface area contributed by atoms with E-state index in [1.165, 1.54) is 16.7 Å². The van der Waals surface area contributed by atoms with Crippen molar-refractivity contribution in [2.45, 2.75) is 33.7 Å². The third-order valence-electron chi connectivity index (χ3n) is 3.43. The fraction of sp³-hybridized carbons (Fsp3) is 0.533. The zero-order valence-corrected chi connectivity index (χ0v) is 13.2. The Kier molecular flexibility index (Phi) is 7.72. The molecule has 108 valence electrons. The lowest BCUT2D eigenvalue weighted by molar-refractivity contribution is -0.125. The summed E-state index contributed by atoms with van der Waals surface area (Å²) in [6.45, 7) is 8.86. The van der Waals surface area contributed by atoms with Crippen LogP contribution in [0.5, 0.6) is 0 Å². The summed E-state index contributed by atoms with van der Waals surface area (Å²) in [5, 5.41) is 6.09. The number of carbonyl (C=O) groups is 1. The molecule has 0 saturated carbocycles. The average molecular weight is 285 g/mol. The molecule has 2 unspecified atom stereocenters. The van der Waals surface area contributed by atoms with E-state index in [1.54, 1.807) is 0 Å². The lowest BCUT2D eigenvalue weighted by atomic mass is 9.98. The summed E-state index contributed by atoms with van der Waals surface area (Å²) in [6, 6.07) is 6.27. The minimum atomic E-state index is -0.0115. The fourth-order valence-corrected chi connectivity index (χ4v) is 2.08. The topological polar surface area (TPSA) is 41.1 Å². The Morgan fingerprint density at radius 2 is 1.89 bits per heavy atom. The van der Waals surface area contributed by atoms with Crippen LogP contribution in [0.3, 0.4) is 0 Å². The molecule has 0 aliphatic heterocycles. The first-order valence-corrected chi connectivity index (χ1v) is 6.48. The molecule has 0 aromatic heterocycles. The molecule has 0 aliphatic rings. The van der Waals surface area contributed by atoms with Crippen molar-refractivity contribution in [3.8, 4) is 0 Å². The summed E-state index contributed by atoms with van der Waals surface area (Å²) in [7, 11) is 1.86. The number of amides is 1. The molecule has 4 heteroatoms. The monoisotopic (exact) mass is 284 g/mol. The Balaban J connectivity index is 0.00000324. The maximum atomic E-state index is 12.0. The maximum Gasteiger partial charge on any atom is 0.224 e. The van der Waals surface area contributed by atoms with Crippen LogP contribution in [0.25, 0.3) is 0 Å². The minimum absolute atomic E-state index is 0. The van der Waals surface area contributed by atoms with E-state index >= 15 is 0 Å². The van der Waals surface area contributed by atoms with Crippen molar-refractivity contribution in [1.82, 2.24) is 10.6 Å². The van der Waals surface area contributed by atoms with Crippen molar-refractivity contribution in [2.75, 3.05) is 13.6 Å². The second kappa shape index (κ2) is 8.18. The summed E-state index contributed by atoms with van der Waals surface area (Å²) in [5.74, 6) is 0.0836. The van der Waals surface area contributed by atoms with Crippen LogP contribution in [0.15, 0.2) is 18.2 Å². The van der Waals surface area contributed by atoms with Gasteiger partial charge in [-0.1, -0.05) is 25.1 Å². The zero-order chi connectivity index (χ0) is 13.7. The normalized spacial score (nSPS) is 13.3. The maximum absolute atomic E-state index is 12.0. The third kappa shape index (κ3) is 4.84. The second-order valence-electron chi connectivity index (χ2n) is 4.98. The first kappa shape index (κ1) is 17.9. The molecular weight excluding hydrogens is 260 g/mol. The molecule has 0 aliphatic carbocycles. The molecule has 0 bridgehead atoms. The highest BCUT2D eigenvalue weighted by atomic mass is 35.5. The Bertz CT molecular complexity index is 421. The molecular formula is C15H25ClN2O. The van der Waals surface area contributed by atoms with Crippen LogP contribution >= 0.6 is 12.4 Å². The molecule has 0 heterocycles. The van der Waals surface area contributed by atoms with E-state index < -0.39 is 0 Å². The van der Waals surface area contributed by atoms with E-state index in [1.807, 2.05) is 27.0 Å². The van der Waals surface area contributed by atoms with E-state index in [0.717, 1.165) is 0 Å². The van der Waals surface area contributed by atoms with Crippen LogP contribution in [-0.2, 0) is 4.79 Å². The Morgan fingerprint density at radius 1 is 1.26 bits per heavy atom. The number of halogens is 1. The summed E-state index contributed by atoms with van der Waals surface area (Å²) in [4.78, 5) is 12.0. The number of hydrogen-bond donors (Lipinski definition) is 2. The van der Waals surface area contributed by atoms with Gasteiger partial charge in [-0.15, -0.1) is 12.4 Å². The largest absolute Gasteiger partial charge is 0.349 e. The van der Waals surface area contributed by atoms with E-state index in [0.29, 0.717) is 6.54 Å². The molecule has 0 spiro atoms. The summed E-state index contributed by atoms with van der Waals surface area (Å²) in [5.41, 5.74) is 3.71. The van der Waals surface area contributed by atoms with Gasteiger partial charge >= 0.3 is 0 Å². The number of rotatable bonds is 5. The predicted molar refractivity (Wildman–Crippen MR) is 82.8 cm³/mol. The van der Waals surface area contributed by atoms with Gasteiger partial charge < -0.3 is 10.6 Å². The number of benzene rings is 1. The van der Waals surface area contributed by atoms with E-state index in [2.05, 4.69) is 36.6 Å². The average Bonchev–Trinajstić information content (AvgIpc) is 2.32. The quantitative estimate of drug-likeness (QED) is 0.873. The Morgan fingerprint density at radius 3 is 2.47 bits per heavy atom. The molecule has 0 radical (unpaired) electrons. The Labute approximate surface area is 122 Å². The van der Waals surface area contributed by atoms with E-state index in [4.69, 9.17) is 0 Å². The van der Waals surface area contributed by atoms with Gasteiger partial charge in [0.1, 0.15) is 0 Å². The van der Waals surface area contributed by atoms with Gasteiger partial charge in [0.05, 0.1) is 6.04 Å². The first-order valence-electron chi connectivity index (χ1n) is 6.48. The van der Waals surface area contributed by atoms with Crippen molar-refractivity contribution in [3.05, 3.63) is 34.9 Å². The zero-order valence-electron chi connectivity index (χ0n) is 12.4. The third-order valence-corrected chi connectivity index (χ3v) is 3.43. The second-order valence-corrected chi connectivity index (χ2v) is 4.98. The fourth-order valence-electron chi connectivity index (χ4n) is 2.08. The van der Waals surface area contributed by atoms with Gasteiger partial charge in [0.2, 0.25) is 5.91 Å². The van der Waals surface area contributed by atoms with Crippen molar-refractivity contribution >= 4 is 18.3 Å². The number of carbonyl (C=O) groups excluding carboxylic acids is 1. The molecule has 3 nitrogen and oxygen atoms in total. The highest BCUT2D eigenvalue weighted by Gasteiger charge is 2.16. The van der Waals surface area contributed by atoms with Gasteiger partial charge in [-0.05, 0) is 44.5 Å². The summed E-state index contributed by atoms with van der Waals surface area (Å²) >= 11 is 0. The highest BCUT2D eigenvalue weighted by molar-refractivity contribution is 5.85. The minimum Gasteiger partial charge on any atom is -0.349 e. The van der Waals surface area contributed by atoms with Gasteiger partial charge in [0, 0.05) is 12.5 Å². The van der Waals surface area contributed by atoms with Crippen LogP contribution in [-0.4, -0.2) is 19.5 Å². The van der Waals surface area contributed by atoms with Gasteiger partial charge in [0.25, 0.3) is 0 Å². The number of aryl methyl sites for hydroxylation is 1. The molecule has 1 aromatic carbocycles. The SMILES string of the molecule is CNCC(C)C(=O)NC(C)c1cccc(C)c1C.Cl. The highest BCUT2D eigenvalue weighted by Crippen LogP contribution is 2.20. The molecule has 1 rings (SSSR count). The molecule has 0 saturated heterocycles. The summed E-state index contributed by atoms with van der Waals surface area (Å²) < 4.78 is 0. The van der Waals surface area contributed by atoms with E-state index in [-0.39, 0.29) is 30.3 Å². The van der Waals surface area contributed by atoms with Crippen molar-refractivity contribution in [3.63, 3.8) is 0 Å². The van der Waals surface area contributed by atoms with Crippen LogP contribution < -0.4 is 10.6 Å². The summed E-state index contributed by atoms with van der Waals surface area (Å²) in [6.07, 6.45) is 0. The van der Waals surface area contributed by atoms with Crippen molar-refractivity contribution < 1.29 is 4.79 Å². The van der Waals surface area contributed by atoms with Crippen molar-refractivity contribution in [1.29, 1.82) is 0 Å². The lowest BCUT2D eigenvalue weighted by Gasteiger charge is -2.20. The molecule has 1 aromatic rings. The first-order chi connectivity index (χ1) is 8.47.